The summed E-state index contributed by atoms with van der Waals surface area (Å²) >= 11 is 0. The van der Waals surface area contributed by atoms with Crippen molar-refractivity contribution in [2.75, 3.05) is 29.1 Å². The van der Waals surface area contributed by atoms with Gasteiger partial charge in [-0.15, -0.1) is 0 Å². The van der Waals surface area contributed by atoms with Crippen molar-refractivity contribution in [2.24, 2.45) is 5.73 Å². The summed E-state index contributed by atoms with van der Waals surface area (Å²) in [5, 5.41) is 10.7. The molecule has 0 unspecified atom stereocenters. The zero-order chi connectivity index (χ0) is 21.2. The van der Waals surface area contributed by atoms with Crippen LogP contribution < -0.4 is 26.4 Å². The molecule has 156 valence electrons. The highest BCUT2D eigenvalue weighted by Crippen LogP contribution is 2.31. The van der Waals surface area contributed by atoms with Crippen LogP contribution in [0.4, 0.5) is 28.8 Å². The summed E-state index contributed by atoms with van der Waals surface area (Å²) in [6.07, 6.45) is 4.23. The predicted octanol–water partition coefficient (Wildman–Crippen LogP) is 3.74. The lowest BCUT2D eigenvalue weighted by Crippen LogP contribution is -2.15. The lowest BCUT2D eigenvalue weighted by atomic mass is 10.2. The fourth-order valence-electron chi connectivity index (χ4n) is 3.46. The number of aromatic amines is 1. The number of hydrogen-bond donors (Lipinski definition) is 5. The number of aromatic nitrogens is 3. The second-order valence-corrected chi connectivity index (χ2v) is 7.19. The zero-order valence-electron chi connectivity index (χ0n) is 16.6. The molecule has 0 saturated carbocycles. The van der Waals surface area contributed by atoms with Crippen LogP contribution in [0.2, 0.25) is 0 Å². The molecule has 0 fully saturated rings. The van der Waals surface area contributed by atoms with Crippen LogP contribution in [0, 0.1) is 0 Å². The second kappa shape index (κ2) is 7.86. The van der Waals surface area contributed by atoms with Crippen molar-refractivity contribution >= 4 is 45.6 Å². The number of anilines is 5. The Hall–Kier alpha value is -4.27. The number of hydrogen-bond acceptors (Lipinski definition) is 7. The molecule has 0 radical (unpaired) electrons. The monoisotopic (exact) mass is 415 g/mol. The van der Waals surface area contributed by atoms with Gasteiger partial charge in [0.15, 0.2) is 0 Å². The lowest BCUT2D eigenvalue weighted by molar-refractivity contribution is 0.100. The Bertz CT molecular complexity index is 1270. The largest absolute Gasteiger partial charge is 0.491 e. The normalized spacial score (nSPS) is 12.9. The lowest BCUT2D eigenvalue weighted by Gasteiger charge is -2.13. The first-order chi connectivity index (χ1) is 15.2. The maximum atomic E-state index is 11.9. The third-order valence-electron chi connectivity index (χ3n) is 5.00. The maximum Gasteiger partial charge on any atom is 0.254 e. The molecule has 1 aliphatic rings. The number of ether oxygens (including phenoxy) is 1. The van der Waals surface area contributed by atoms with Gasteiger partial charge in [-0.25, -0.2) is 4.98 Å². The van der Waals surface area contributed by atoms with E-state index in [1.54, 1.807) is 0 Å². The van der Waals surface area contributed by atoms with Crippen molar-refractivity contribution in [3.63, 3.8) is 0 Å². The van der Waals surface area contributed by atoms with Crippen LogP contribution in [0.1, 0.15) is 16.8 Å². The minimum absolute atomic E-state index is 0.205. The Labute approximate surface area is 178 Å². The Morgan fingerprint density at radius 1 is 1.10 bits per heavy atom. The molecule has 6 N–H and O–H groups in total. The third kappa shape index (κ3) is 3.93. The van der Waals surface area contributed by atoms with Gasteiger partial charge in [0.05, 0.1) is 12.3 Å². The fraction of sp³-hybridized carbons (Fsp3) is 0.136. The summed E-state index contributed by atoms with van der Waals surface area (Å²) in [7, 11) is 0. The van der Waals surface area contributed by atoms with Crippen LogP contribution in [0.25, 0.3) is 10.9 Å². The van der Waals surface area contributed by atoms with E-state index in [0.29, 0.717) is 18.4 Å². The number of benzene rings is 2. The summed E-state index contributed by atoms with van der Waals surface area (Å²) < 4.78 is 5.72. The van der Waals surface area contributed by atoms with Gasteiger partial charge in [0, 0.05) is 41.2 Å². The van der Waals surface area contributed by atoms with Crippen LogP contribution in [0.5, 0.6) is 5.75 Å². The van der Waals surface area contributed by atoms with Crippen LogP contribution in [0.3, 0.4) is 0 Å². The van der Waals surface area contributed by atoms with Crippen molar-refractivity contribution in [1.82, 2.24) is 15.0 Å². The van der Waals surface area contributed by atoms with E-state index in [0.717, 1.165) is 46.7 Å². The van der Waals surface area contributed by atoms with Gasteiger partial charge in [-0.1, -0.05) is 0 Å². The van der Waals surface area contributed by atoms with E-state index in [-0.39, 0.29) is 5.56 Å². The molecule has 1 amide bonds. The fourth-order valence-corrected chi connectivity index (χ4v) is 3.46. The van der Waals surface area contributed by atoms with Crippen molar-refractivity contribution in [3.05, 3.63) is 60.4 Å². The Kier molecular flexibility index (Phi) is 4.75. The minimum Gasteiger partial charge on any atom is -0.491 e. The molecule has 9 heteroatoms. The minimum atomic E-state index is -0.608. The van der Waals surface area contributed by atoms with Gasteiger partial charge in [0.1, 0.15) is 17.1 Å². The number of fused-ring (bicyclic) bond motifs is 2. The van der Waals surface area contributed by atoms with E-state index in [1.807, 2.05) is 48.7 Å². The van der Waals surface area contributed by atoms with Crippen LogP contribution >= 0.6 is 0 Å². The SMILES string of the molecule is NC(=O)c1cnc(Nc2ccc3c(c2)NCCCO3)nc1Nc1ccc2[nH]ccc2c1. The van der Waals surface area contributed by atoms with Crippen LogP contribution in [-0.4, -0.2) is 34.0 Å². The van der Waals surface area contributed by atoms with Gasteiger partial charge in [-0.05, 0) is 48.9 Å². The maximum absolute atomic E-state index is 11.9. The Morgan fingerprint density at radius 3 is 2.87 bits per heavy atom. The number of amides is 1. The molecule has 0 aliphatic carbocycles. The summed E-state index contributed by atoms with van der Waals surface area (Å²) in [6.45, 7) is 1.54. The van der Waals surface area contributed by atoms with Crippen LogP contribution in [-0.2, 0) is 0 Å². The molecule has 4 aromatic rings. The van der Waals surface area contributed by atoms with Crippen molar-refractivity contribution < 1.29 is 9.53 Å². The second-order valence-electron chi connectivity index (χ2n) is 7.19. The number of carbonyl (C=O) groups is 1. The summed E-state index contributed by atoms with van der Waals surface area (Å²) in [5.41, 5.74) is 9.24. The van der Waals surface area contributed by atoms with E-state index >= 15 is 0 Å². The molecule has 0 atom stereocenters. The highest BCUT2D eigenvalue weighted by molar-refractivity contribution is 5.98. The number of primary amides is 1. The number of carbonyl (C=O) groups excluding carboxylic acids is 1. The van der Waals surface area contributed by atoms with Crippen molar-refractivity contribution in [3.8, 4) is 5.75 Å². The van der Waals surface area contributed by atoms with Gasteiger partial charge >= 0.3 is 0 Å². The molecule has 2 aromatic heterocycles. The standard InChI is InChI=1S/C22H21N7O2/c23-20(30)16-12-26-22(28-15-3-5-19-18(11-15)24-7-1-9-31-19)29-21(16)27-14-2-4-17-13(10-14)6-8-25-17/h2-6,8,10-12,24-25H,1,7,9H2,(H2,23,30)(H2,26,27,28,29). The first-order valence-corrected chi connectivity index (χ1v) is 9.94. The summed E-state index contributed by atoms with van der Waals surface area (Å²) in [6, 6.07) is 13.5. The molecule has 9 nitrogen and oxygen atoms in total. The number of nitrogens with two attached hydrogens (primary N) is 1. The van der Waals surface area contributed by atoms with E-state index in [4.69, 9.17) is 10.5 Å². The first-order valence-electron chi connectivity index (χ1n) is 9.94. The van der Waals surface area contributed by atoms with Gasteiger partial charge in [-0.2, -0.15) is 4.98 Å². The highest BCUT2D eigenvalue weighted by atomic mass is 16.5. The Morgan fingerprint density at radius 2 is 1.97 bits per heavy atom. The average Bonchev–Trinajstić information content (AvgIpc) is 3.10. The summed E-state index contributed by atoms with van der Waals surface area (Å²) in [4.78, 5) is 23.8. The topological polar surface area (TPSA) is 130 Å². The molecule has 0 bridgehead atoms. The molecule has 2 aromatic carbocycles. The van der Waals surface area contributed by atoms with E-state index in [2.05, 4.69) is 30.9 Å². The molecule has 5 rings (SSSR count). The Balaban J connectivity index is 1.43. The van der Waals surface area contributed by atoms with Gasteiger partial charge in [0.2, 0.25) is 5.95 Å². The number of H-pyrrole nitrogens is 1. The predicted molar refractivity (Wildman–Crippen MR) is 120 cm³/mol. The number of nitrogens with zero attached hydrogens (tertiary/aromatic N) is 2. The molecular weight excluding hydrogens is 394 g/mol. The smallest absolute Gasteiger partial charge is 0.254 e. The molecule has 0 saturated heterocycles. The quantitative estimate of drug-likeness (QED) is 0.336. The third-order valence-corrected chi connectivity index (χ3v) is 5.00. The first kappa shape index (κ1) is 18.7. The zero-order valence-corrected chi connectivity index (χ0v) is 16.6. The van der Waals surface area contributed by atoms with E-state index in [1.165, 1.54) is 6.20 Å². The van der Waals surface area contributed by atoms with Crippen LogP contribution in [0.15, 0.2) is 54.9 Å². The average molecular weight is 415 g/mol. The van der Waals surface area contributed by atoms with E-state index < -0.39 is 5.91 Å². The number of nitrogens with one attached hydrogen (secondary N) is 4. The molecule has 0 spiro atoms. The molecule has 3 heterocycles. The highest BCUT2D eigenvalue weighted by Gasteiger charge is 2.14. The molecule has 31 heavy (non-hydrogen) atoms. The van der Waals surface area contributed by atoms with Gasteiger partial charge in [-0.3, -0.25) is 4.79 Å². The summed E-state index contributed by atoms with van der Waals surface area (Å²) in [5.74, 6) is 0.875. The van der Waals surface area contributed by atoms with Crippen molar-refractivity contribution in [1.29, 1.82) is 0 Å². The van der Waals surface area contributed by atoms with Gasteiger partial charge < -0.3 is 31.4 Å². The van der Waals surface area contributed by atoms with E-state index in [9.17, 15) is 4.79 Å². The van der Waals surface area contributed by atoms with Crippen molar-refractivity contribution in [2.45, 2.75) is 6.42 Å². The van der Waals surface area contributed by atoms with Gasteiger partial charge in [0.25, 0.3) is 5.91 Å². The molecular formula is C22H21N7O2. The molecule has 1 aliphatic heterocycles. The number of rotatable bonds is 5.